The largest absolute Gasteiger partial charge is 0.329 e. The van der Waals surface area contributed by atoms with E-state index in [1.807, 2.05) is 0 Å². The topological polar surface area (TPSA) is 29.3 Å². The third-order valence-electron chi connectivity index (χ3n) is 2.10. The van der Waals surface area contributed by atoms with Crippen LogP contribution in [0.5, 0.6) is 0 Å². The summed E-state index contributed by atoms with van der Waals surface area (Å²) in [4.78, 5) is 3.68. The Kier molecular flexibility index (Phi) is 3.72. The molecule has 0 bridgehead atoms. The fraction of sp³-hybridized carbons (Fsp3) is 0.556. The van der Waals surface area contributed by atoms with Crippen LogP contribution in [0.15, 0.2) is 17.5 Å². The molecule has 0 aliphatic carbocycles. The van der Waals surface area contributed by atoms with Crippen LogP contribution in [0, 0.1) is 0 Å². The van der Waals surface area contributed by atoms with Gasteiger partial charge in [0.15, 0.2) is 0 Å². The highest BCUT2D eigenvalue weighted by atomic mass is 32.1. The van der Waals surface area contributed by atoms with E-state index in [2.05, 4.69) is 36.4 Å². The Morgan fingerprint density at radius 2 is 2.42 bits per heavy atom. The maximum atomic E-state index is 5.48. The Hall–Kier alpha value is -0.380. The highest BCUT2D eigenvalue weighted by Gasteiger charge is 2.10. The zero-order valence-corrected chi connectivity index (χ0v) is 8.47. The average molecular weight is 184 g/mol. The number of hydrogen-bond acceptors (Lipinski definition) is 3. The van der Waals surface area contributed by atoms with Crippen LogP contribution in [0.2, 0.25) is 0 Å². The summed E-state index contributed by atoms with van der Waals surface area (Å²) in [6.07, 6.45) is 0. The zero-order valence-electron chi connectivity index (χ0n) is 7.66. The van der Waals surface area contributed by atoms with E-state index in [1.54, 1.807) is 11.3 Å². The van der Waals surface area contributed by atoms with E-state index >= 15 is 0 Å². The van der Waals surface area contributed by atoms with Gasteiger partial charge in [-0.15, -0.1) is 11.3 Å². The van der Waals surface area contributed by atoms with E-state index in [-0.39, 0.29) is 0 Å². The molecule has 68 valence electrons. The number of nitrogens with zero attached hydrogens (tertiary/aromatic N) is 1. The summed E-state index contributed by atoms with van der Waals surface area (Å²) in [5, 5.41) is 2.11. The summed E-state index contributed by atoms with van der Waals surface area (Å²) < 4.78 is 0. The van der Waals surface area contributed by atoms with Gasteiger partial charge < -0.3 is 5.73 Å². The van der Waals surface area contributed by atoms with Crippen LogP contribution < -0.4 is 5.73 Å². The van der Waals surface area contributed by atoms with Crippen molar-refractivity contribution in [3.8, 4) is 0 Å². The van der Waals surface area contributed by atoms with Crippen LogP contribution in [0.3, 0.4) is 0 Å². The molecule has 1 atom stereocenters. The van der Waals surface area contributed by atoms with Crippen LogP contribution in [-0.4, -0.2) is 25.0 Å². The SMILES string of the molecule is CC(c1cccs1)N(C)CCN. The molecule has 3 heteroatoms. The molecule has 0 saturated heterocycles. The summed E-state index contributed by atoms with van der Waals surface area (Å²) >= 11 is 1.80. The Labute approximate surface area is 78.0 Å². The van der Waals surface area contributed by atoms with Gasteiger partial charge in [-0.05, 0) is 25.4 Å². The third kappa shape index (κ3) is 2.30. The second-order valence-electron chi connectivity index (χ2n) is 2.96. The summed E-state index contributed by atoms with van der Waals surface area (Å²) in [5.41, 5.74) is 5.48. The highest BCUT2D eigenvalue weighted by molar-refractivity contribution is 7.10. The summed E-state index contributed by atoms with van der Waals surface area (Å²) in [6, 6.07) is 4.75. The first-order chi connectivity index (χ1) is 5.75. The van der Waals surface area contributed by atoms with Crippen LogP contribution >= 0.6 is 11.3 Å². The molecule has 2 N–H and O–H groups in total. The Bertz CT molecular complexity index is 208. The third-order valence-corrected chi connectivity index (χ3v) is 3.14. The predicted octanol–water partition coefficient (Wildman–Crippen LogP) is 1.70. The van der Waals surface area contributed by atoms with Crippen molar-refractivity contribution in [3.05, 3.63) is 22.4 Å². The fourth-order valence-corrected chi connectivity index (χ4v) is 1.99. The Morgan fingerprint density at radius 1 is 1.67 bits per heavy atom. The van der Waals surface area contributed by atoms with Gasteiger partial charge in [0.2, 0.25) is 0 Å². The molecular formula is C9H16N2S. The van der Waals surface area contributed by atoms with Crippen molar-refractivity contribution in [2.24, 2.45) is 5.73 Å². The molecule has 1 aromatic heterocycles. The molecular weight excluding hydrogens is 168 g/mol. The minimum Gasteiger partial charge on any atom is -0.329 e. The standard InChI is InChI=1S/C9H16N2S/c1-8(11(2)6-5-10)9-4-3-7-12-9/h3-4,7-8H,5-6,10H2,1-2H3. The monoisotopic (exact) mass is 184 g/mol. The van der Waals surface area contributed by atoms with Crippen molar-refractivity contribution >= 4 is 11.3 Å². The van der Waals surface area contributed by atoms with Crippen molar-refractivity contribution in [1.82, 2.24) is 4.90 Å². The fourth-order valence-electron chi connectivity index (χ4n) is 1.14. The molecule has 0 spiro atoms. The smallest absolute Gasteiger partial charge is 0.0410 e. The first-order valence-electron chi connectivity index (χ1n) is 4.19. The first kappa shape index (κ1) is 9.71. The van der Waals surface area contributed by atoms with E-state index in [1.165, 1.54) is 4.88 Å². The van der Waals surface area contributed by atoms with Gasteiger partial charge in [0.25, 0.3) is 0 Å². The van der Waals surface area contributed by atoms with E-state index in [0.717, 1.165) is 13.1 Å². The molecule has 0 amide bonds. The van der Waals surface area contributed by atoms with Crippen molar-refractivity contribution in [2.75, 3.05) is 20.1 Å². The van der Waals surface area contributed by atoms with Gasteiger partial charge >= 0.3 is 0 Å². The van der Waals surface area contributed by atoms with Crippen LogP contribution in [-0.2, 0) is 0 Å². The summed E-state index contributed by atoms with van der Waals surface area (Å²) in [6.45, 7) is 3.90. The van der Waals surface area contributed by atoms with Gasteiger partial charge in [0, 0.05) is 24.0 Å². The molecule has 1 aromatic rings. The number of hydrogen-bond donors (Lipinski definition) is 1. The highest BCUT2D eigenvalue weighted by Crippen LogP contribution is 2.22. The minimum absolute atomic E-state index is 0.494. The summed E-state index contributed by atoms with van der Waals surface area (Å²) in [5.74, 6) is 0. The van der Waals surface area contributed by atoms with Crippen molar-refractivity contribution in [1.29, 1.82) is 0 Å². The molecule has 1 heterocycles. The molecule has 0 fully saturated rings. The van der Waals surface area contributed by atoms with Crippen molar-refractivity contribution in [3.63, 3.8) is 0 Å². The molecule has 0 radical (unpaired) electrons. The Morgan fingerprint density at radius 3 is 2.92 bits per heavy atom. The molecule has 12 heavy (non-hydrogen) atoms. The predicted molar refractivity (Wildman–Crippen MR) is 54.4 cm³/mol. The second kappa shape index (κ2) is 4.60. The Balaban J connectivity index is 2.53. The van der Waals surface area contributed by atoms with Crippen molar-refractivity contribution in [2.45, 2.75) is 13.0 Å². The normalized spacial score (nSPS) is 13.7. The van der Waals surface area contributed by atoms with Crippen molar-refractivity contribution < 1.29 is 0 Å². The van der Waals surface area contributed by atoms with E-state index in [9.17, 15) is 0 Å². The van der Waals surface area contributed by atoms with Gasteiger partial charge in [0.1, 0.15) is 0 Å². The van der Waals surface area contributed by atoms with Gasteiger partial charge in [-0.3, -0.25) is 4.90 Å². The molecule has 0 aliphatic heterocycles. The average Bonchev–Trinajstić information content (AvgIpc) is 2.55. The number of thiophene rings is 1. The maximum absolute atomic E-state index is 5.48. The molecule has 0 saturated carbocycles. The minimum atomic E-state index is 0.494. The number of rotatable bonds is 4. The lowest BCUT2D eigenvalue weighted by molar-refractivity contribution is 0.272. The lowest BCUT2D eigenvalue weighted by Gasteiger charge is -2.22. The molecule has 1 rings (SSSR count). The van der Waals surface area contributed by atoms with E-state index in [0.29, 0.717) is 6.04 Å². The summed E-state index contributed by atoms with van der Waals surface area (Å²) in [7, 11) is 2.11. The van der Waals surface area contributed by atoms with E-state index in [4.69, 9.17) is 5.73 Å². The first-order valence-corrected chi connectivity index (χ1v) is 5.07. The van der Waals surface area contributed by atoms with Gasteiger partial charge in [-0.25, -0.2) is 0 Å². The molecule has 2 nitrogen and oxygen atoms in total. The van der Waals surface area contributed by atoms with Gasteiger partial charge in [-0.2, -0.15) is 0 Å². The van der Waals surface area contributed by atoms with Crippen LogP contribution in [0.4, 0.5) is 0 Å². The lowest BCUT2D eigenvalue weighted by Crippen LogP contribution is -2.27. The molecule has 0 aromatic carbocycles. The lowest BCUT2D eigenvalue weighted by atomic mass is 10.2. The van der Waals surface area contributed by atoms with E-state index < -0.39 is 0 Å². The molecule has 1 unspecified atom stereocenters. The molecule has 0 aliphatic rings. The quantitative estimate of drug-likeness (QED) is 0.771. The van der Waals surface area contributed by atoms with Crippen LogP contribution in [0.25, 0.3) is 0 Å². The number of nitrogens with two attached hydrogens (primary N) is 1. The van der Waals surface area contributed by atoms with Gasteiger partial charge in [0.05, 0.1) is 0 Å². The van der Waals surface area contributed by atoms with Gasteiger partial charge in [-0.1, -0.05) is 6.07 Å². The maximum Gasteiger partial charge on any atom is 0.0410 e. The zero-order chi connectivity index (χ0) is 8.97. The van der Waals surface area contributed by atoms with Crippen LogP contribution in [0.1, 0.15) is 17.8 Å². The second-order valence-corrected chi connectivity index (χ2v) is 3.94. The number of likely N-dealkylation sites (N-methyl/N-ethyl adjacent to an activating group) is 1.